The van der Waals surface area contributed by atoms with E-state index in [4.69, 9.17) is 5.11 Å². The maximum absolute atomic E-state index is 11.4. The first-order valence-corrected chi connectivity index (χ1v) is 4.65. The van der Waals surface area contributed by atoms with E-state index < -0.39 is 12.0 Å². The van der Waals surface area contributed by atoms with Gasteiger partial charge in [-0.1, -0.05) is 6.92 Å². The molecule has 1 N–H and O–H groups in total. The topological polar surface area (TPSA) is 57.6 Å². The van der Waals surface area contributed by atoms with Crippen LogP contribution in [0.5, 0.6) is 0 Å². The number of nitrogens with zero attached hydrogens (tertiary/aromatic N) is 1. The standard InChI is InChI=1S/C8H15NO3S/c1-5(4-13)7(10)9(3)6(2)8(11)12/h5-6,13H,4H2,1-3H3,(H,11,12)/t5?,6-/m0/s1. The molecule has 0 rings (SSSR count). The van der Waals surface area contributed by atoms with E-state index in [1.165, 1.54) is 18.9 Å². The van der Waals surface area contributed by atoms with Crippen LogP contribution in [0.1, 0.15) is 13.8 Å². The molecule has 0 fully saturated rings. The highest BCUT2D eigenvalue weighted by Crippen LogP contribution is 2.06. The Labute approximate surface area is 83.3 Å². The number of carboxylic acid groups (broad SMARTS) is 1. The molecule has 0 radical (unpaired) electrons. The molecule has 13 heavy (non-hydrogen) atoms. The first kappa shape index (κ1) is 12.3. The minimum atomic E-state index is -0.998. The summed E-state index contributed by atoms with van der Waals surface area (Å²) >= 11 is 3.97. The monoisotopic (exact) mass is 205 g/mol. The van der Waals surface area contributed by atoms with Crippen molar-refractivity contribution in [3.05, 3.63) is 0 Å². The fourth-order valence-corrected chi connectivity index (χ4v) is 0.938. The summed E-state index contributed by atoms with van der Waals surface area (Å²) < 4.78 is 0. The molecule has 0 bridgehead atoms. The minimum absolute atomic E-state index is 0.190. The van der Waals surface area contributed by atoms with Crippen LogP contribution in [0.2, 0.25) is 0 Å². The van der Waals surface area contributed by atoms with Gasteiger partial charge in [-0.05, 0) is 6.92 Å². The van der Waals surface area contributed by atoms with Gasteiger partial charge in [0.15, 0.2) is 0 Å². The summed E-state index contributed by atoms with van der Waals surface area (Å²) in [7, 11) is 1.49. The SMILES string of the molecule is CC(CS)C(=O)N(C)[C@@H](C)C(=O)O. The zero-order chi connectivity index (χ0) is 10.6. The fourth-order valence-electron chi connectivity index (χ4n) is 0.782. The van der Waals surface area contributed by atoms with Crippen LogP contribution < -0.4 is 0 Å². The molecule has 5 heteroatoms. The summed E-state index contributed by atoms with van der Waals surface area (Å²) in [5, 5.41) is 8.64. The van der Waals surface area contributed by atoms with Crippen molar-refractivity contribution in [1.82, 2.24) is 4.90 Å². The minimum Gasteiger partial charge on any atom is -0.480 e. The number of carbonyl (C=O) groups is 2. The molecule has 76 valence electrons. The van der Waals surface area contributed by atoms with E-state index in [9.17, 15) is 9.59 Å². The summed E-state index contributed by atoms with van der Waals surface area (Å²) in [6.45, 7) is 3.20. The van der Waals surface area contributed by atoms with Gasteiger partial charge in [-0.25, -0.2) is 4.79 Å². The largest absolute Gasteiger partial charge is 0.480 e. The molecule has 0 aliphatic carbocycles. The number of thiol groups is 1. The van der Waals surface area contributed by atoms with Crippen molar-refractivity contribution in [2.75, 3.05) is 12.8 Å². The number of amides is 1. The lowest BCUT2D eigenvalue weighted by atomic mass is 10.1. The highest BCUT2D eigenvalue weighted by Gasteiger charge is 2.24. The van der Waals surface area contributed by atoms with Crippen LogP contribution in [-0.2, 0) is 9.59 Å². The lowest BCUT2D eigenvalue weighted by Crippen LogP contribution is -2.43. The Kier molecular flexibility index (Phi) is 4.83. The summed E-state index contributed by atoms with van der Waals surface area (Å²) in [6.07, 6.45) is 0. The molecule has 0 heterocycles. The Bertz CT molecular complexity index is 208. The van der Waals surface area contributed by atoms with Crippen LogP contribution in [0.3, 0.4) is 0 Å². The number of hydrogen-bond donors (Lipinski definition) is 2. The maximum Gasteiger partial charge on any atom is 0.326 e. The summed E-state index contributed by atoms with van der Waals surface area (Å²) in [5.41, 5.74) is 0. The molecule has 0 aromatic rings. The quantitative estimate of drug-likeness (QED) is 0.656. The van der Waals surface area contributed by atoms with Gasteiger partial charge in [-0.3, -0.25) is 4.79 Å². The third-order valence-electron chi connectivity index (χ3n) is 1.98. The van der Waals surface area contributed by atoms with Crippen LogP contribution >= 0.6 is 12.6 Å². The third kappa shape index (κ3) is 3.26. The van der Waals surface area contributed by atoms with Crippen LogP contribution in [0.25, 0.3) is 0 Å². The van der Waals surface area contributed by atoms with Gasteiger partial charge >= 0.3 is 5.97 Å². The Morgan fingerprint density at radius 1 is 1.46 bits per heavy atom. The van der Waals surface area contributed by atoms with Crippen molar-refractivity contribution < 1.29 is 14.7 Å². The van der Waals surface area contributed by atoms with Crippen LogP contribution in [-0.4, -0.2) is 40.7 Å². The molecule has 0 saturated heterocycles. The Balaban J connectivity index is 4.33. The zero-order valence-corrected chi connectivity index (χ0v) is 8.91. The highest BCUT2D eigenvalue weighted by molar-refractivity contribution is 7.80. The first-order valence-electron chi connectivity index (χ1n) is 4.02. The Morgan fingerprint density at radius 2 is 1.92 bits per heavy atom. The van der Waals surface area contributed by atoms with Crippen LogP contribution in [0.15, 0.2) is 0 Å². The molecule has 0 aliphatic rings. The second-order valence-corrected chi connectivity index (χ2v) is 3.41. The Hall–Kier alpha value is -0.710. The molecule has 1 amide bonds. The number of carboxylic acids is 1. The second kappa shape index (κ2) is 5.11. The first-order chi connectivity index (χ1) is 5.91. The number of hydrogen-bond acceptors (Lipinski definition) is 3. The van der Waals surface area contributed by atoms with Gasteiger partial charge in [0, 0.05) is 18.7 Å². The van der Waals surface area contributed by atoms with Crippen molar-refractivity contribution in [2.45, 2.75) is 19.9 Å². The fraction of sp³-hybridized carbons (Fsp3) is 0.750. The van der Waals surface area contributed by atoms with Gasteiger partial charge in [0.2, 0.25) is 5.91 Å². The van der Waals surface area contributed by atoms with Gasteiger partial charge < -0.3 is 10.0 Å². The average Bonchev–Trinajstić information content (AvgIpc) is 2.12. The number of likely N-dealkylation sites (N-methyl/N-ethyl adjacent to an activating group) is 1. The molecule has 0 spiro atoms. The van der Waals surface area contributed by atoms with Crippen molar-refractivity contribution in [1.29, 1.82) is 0 Å². The van der Waals surface area contributed by atoms with Crippen molar-refractivity contribution in [2.24, 2.45) is 5.92 Å². The highest BCUT2D eigenvalue weighted by atomic mass is 32.1. The van der Waals surface area contributed by atoms with Crippen LogP contribution in [0, 0.1) is 5.92 Å². The summed E-state index contributed by atoms with van der Waals surface area (Å²) in [6, 6.07) is -0.783. The van der Waals surface area contributed by atoms with E-state index in [1.54, 1.807) is 6.92 Å². The predicted octanol–water partition coefficient (Wildman–Crippen LogP) is 0.484. The smallest absolute Gasteiger partial charge is 0.326 e. The molecule has 0 aromatic heterocycles. The van der Waals surface area contributed by atoms with E-state index in [0.29, 0.717) is 5.75 Å². The van der Waals surface area contributed by atoms with Crippen molar-refractivity contribution in [3.63, 3.8) is 0 Å². The van der Waals surface area contributed by atoms with Gasteiger partial charge in [0.1, 0.15) is 6.04 Å². The molecule has 4 nitrogen and oxygen atoms in total. The van der Waals surface area contributed by atoms with Crippen LogP contribution in [0.4, 0.5) is 0 Å². The van der Waals surface area contributed by atoms with Gasteiger partial charge in [0.25, 0.3) is 0 Å². The van der Waals surface area contributed by atoms with E-state index in [2.05, 4.69) is 12.6 Å². The van der Waals surface area contributed by atoms with E-state index in [-0.39, 0.29) is 11.8 Å². The second-order valence-electron chi connectivity index (χ2n) is 3.05. The van der Waals surface area contributed by atoms with E-state index in [1.807, 2.05) is 0 Å². The number of rotatable bonds is 4. The van der Waals surface area contributed by atoms with Crippen molar-refractivity contribution >= 4 is 24.5 Å². The molecule has 2 atom stereocenters. The zero-order valence-electron chi connectivity index (χ0n) is 8.02. The lowest BCUT2D eigenvalue weighted by molar-refractivity contribution is -0.149. The number of carbonyl (C=O) groups excluding carboxylic acids is 1. The molecule has 0 saturated carbocycles. The molecular formula is C8H15NO3S. The van der Waals surface area contributed by atoms with Gasteiger partial charge in [-0.2, -0.15) is 12.6 Å². The molecule has 1 unspecified atom stereocenters. The molecule has 0 aliphatic heterocycles. The predicted molar refractivity (Wildman–Crippen MR) is 52.9 cm³/mol. The summed E-state index contributed by atoms with van der Waals surface area (Å²) in [5.74, 6) is -1.00. The molecular weight excluding hydrogens is 190 g/mol. The van der Waals surface area contributed by atoms with E-state index >= 15 is 0 Å². The van der Waals surface area contributed by atoms with Gasteiger partial charge in [-0.15, -0.1) is 0 Å². The maximum atomic E-state index is 11.4. The van der Waals surface area contributed by atoms with Gasteiger partial charge in [0.05, 0.1) is 0 Å². The molecule has 0 aromatic carbocycles. The van der Waals surface area contributed by atoms with Crippen molar-refractivity contribution in [3.8, 4) is 0 Å². The Morgan fingerprint density at radius 3 is 2.23 bits per heavy atom. The number of aliphatic carboxylic acids is 1. The lowest BCUT2D eigenvalue weighted by Gasteiger charge is -2.24. The normalized spacial score (nSPS) is 14.8. The van der Waals surface area contributed by atoms with E-state index in [0.717, 1.165) is 0 Å². The third-order valence-corrected chi connectivity index (χ3v) is 2.53. The summed E-state index contributed by atoms with van der Waals surface area (Å²) in [4.78, 5) is 23.2. The average molecular weight is 205 g/mol.